The highest BCUT2D eigenvalue weighted by Crippen LogP contribution is 2.36. The minimum Gasteiger partial charge on any atom is -0.447 e. The first-order valence-electron chi connectivity index (χ1n) is 12.3. The van der Waals surface area contributed by atoms with Crippen molar-refractivity contribution < 1.29 is 22.7 Å². The molecule has 3 aromatic rings. The normalized spacial score (nSPS) is 19.5. The molecule has 1 fully saturated rings. The molecule has 36 heavy (non-hydrogen) atoms. The number of hydrogen-bond acceptors (Lipinski definition) is 6. The molecule has 1 saturated heterocycles. The monoisotopic (exact) mass is 526 g/mol. The smallest absolute Gasteiger partial charge is 0.416 e. The molecule has 2 aliphatic rings. The first-order chi connectivity index (χ1) is 17.2. The van der Waals surface area contributed by atoms with E-state index in [1.54, 1.807) is 11.3 Å². The first-order valence-corrected chi connectivity index (χ1v) is 14.7. The van der Waals surface area contributed by atoms with Crippen LogP contribution >= 0.6 is 11.3 Å². The van der Waals surface area contributed by atoms with Gasteiger partial charge in [-0.1, -0.05) is 62.4 Å². The Balaban J connectivity index is 1.34. The van der Waals surface area contributed by atoms with Crippen molar-refractivity contribution in [1.29, 1.82) is 0 Å². The molecule has 7 nitrogen and oxygen atoms in total. The number of benzene rings is 2. The standard InChI is InChI=1S/C27H30N2O5S2/c1-18(2)23(26(30)29-20(16-34-27(29)31)14-19-8-4-3-5-9-19)17-36(32,33)28-13-12-22-21-10-6-7-11-24(21)35-25(22)15-28/h3-11,18,20,23H,12-17H2,1-2H3. The fourth-order valence-corrected chi connectivity index (χ4v) is 8.33. The van der Waals surface area contributed by atoms with Crippen LogP contribution in [0.2, 0.25) is 0 Å². The molecule has 5 rings (SSSR count). The van der Waals surface area contributed by atoms with Crippen LogP contribution in [0.4, 0.5) is 4.79 Å². The molecular formula is C27H30N2O5S2. The van der Waals surface area contributed by atoms with Crippen LogP contribution < -0.4 is 0 Å². The molecule has 2 atom stereocenters. The molecular weight excluding hydrogens is 496 g/mol. The third-order valence-electron chi connectivity index (χ3n) is 7.13. The average Bonchev–Trinajstić information content (AvgIpc) is 3.42. The lowest BCUT2D eigenvalue weighted by molar-refractivity contribution is -0.134. The Kier molecular flexibility index (Phi) is 6.89. The predicted octanol–water partition coefficient (Wildman–Crippen LogP) is 4.45. The molecule has 0 radical (unpaired) electrons. The lowest BCUT2D eigenvalue weighted by atomic mass is 9.95. The van der Waals surface area contributed by atoms with Gasteiger partial charge >= 0.3 is 6.09 Å². The van der Waals surface area contributed by atoms with E-state index in [1.165, 1.54) is 15.3 Å². The Bertz CT molecular complexity index is 1380. The maximum Gasteiger partial charge on any atom is 0.416 e. The van der Waals surface area contributed by atoms with Gasteiger partial charge in [-0.05, 0) is 41.3 Å². The summed E-state index contributed by atoms with van der Waals surface area (Å²) >= 11 is 1.63. The highest BCUT2D eigenvalue weighted by Gasteiger charge is 2.43. The second kappa shape index (κ2) is 9.95. The molecule has 0 aliphatic carbocycles. The lowest BCUT2D eigenvalue weighted by Crippen LogP contribution is -2.48. The maximum absolute atomic E-state index is 13.6. The highest BCUT2D eigenvalue weighted by molar-refractivity contribution is 7.89. The van der Waals surface area contributed by atoms with Gasteiger partial charge in [0.05, 0.1) is 17.7 Å². The third kappa shape index (κ3) is 4.79. The van der Waals surface area contributed by atoms with Crippen molar-refractivity contribution in [2.75, 3.05) is 18.9 Å². The van der Waals surface area contributed by atoms with Gasteiger partial charge in [-0.2, -0.15) is 4.31 Å². The summed E-state index contributed by atoms with van der Waals surface area (Å²) < 4.78 is 35.0. The minimum absolute atomic E-state index is 0.109. The van der Waals surface area contributed by atoms with Crippen molar-refractivity contribution in [3.05, 3.63) is 70.6 Å². The van der Waals surface area contributed by atoms with Gasteiger partial charge in [0, 0.05) is 22.7 Å². The summed E-state index contributed by atoms with van der Waals surface area (Å²) in [6.45, 7) is 4.46. The van der Waals surface area contributed by atoms with Gasteiger partial charge in [0.25, 0.3) is 0 Å². The Hall–Kier alpha value is -2.75. The van der Waals surface area contributed by atoms with E-state index >= 15 is 0 Å². The van der Waals surface area contributed by atoms with Gasteiger partial charge < -0.3 is 4.74 Å². The third-order valence-corrected chi connectivity index (χ3v) is 10.2. The largest absolute Gasteiger partial charge is 0.447 e. The molecule has 2 unspecified atom stereocenters. The number of fused-ring (bicyclic) bond motifs is 3. The Morgan fingerprint density at radius 2 is 1.83 bits per heavy atom. The summed E-state index contributed by atoms with van der Waals surface area (Å²) in [5.41, 5.74) is 2.21. The van der Waals surface area contributed by atoms with Gasteiger partial charge in [-0.15, -0.1) is 11.3 Å². The minimum atomic E-state index is -3.74. The predicted molar refractivity (Wildman–Crippen MR) is 140 cm³/mol. The van der Waals surface area contributed by atoms with Crippen LogP contribution in [0.3, 0.4) is 0 Å². The number of carbonyl (C=O) groups excluding carboxylic acids is 2. The molecule has 0 bridgehead atoms. The van der Waals surface area contributed by atoms with Gasteiger partial charge in [-0.3, -0.25) is 4.79 Å². The Morgan fingerprint density at radius 3 is 2.58 bits per heavy atom. The van der Waals surface area contributed by atoms with Gasteiger partial charge in [0.15, 0.2) is 0 Å². The Labute approximate surface area is 215 Å². The van der Waals surface area contributed by atoms with Crippen molar-refractivity contribution >= 4 is 43.4 Å². The van der Waals surface area contributed by atoms with E-state index in [0.29, 0.717) is 25.9 Å². The molecule has 190 valence electrons. The zero-order chi connectivity index (χ0) is 25.4. The fraction of sp³-hybridized carbons (Fsp3) is 0.407. The van der Waals surface area contributed by atoms with Crippen molar-refractivity contribution in [1.82, 2.24) is 9.21 Å². The number of amides is 2. The molecule has 3 heterocycles. The topological polar surface area (TPSA) is 84.0 Å². The van der Waals surface area contributed by atoms with Crippen LogP contribution in [0.5, 0.6) is 0 Å². The summed E-state index contributed by atoms with van der Waals surface area (Å²) in [6, 6.07) is 17.3. The van der Waals surface area contributed by atoms with Crippen LogP contribution in [0.15, 0.2) is 54.6 Å². The van der Waals surface area contributed by atoms with Crippen molar-refractivity contribution in [3.63, 3.8) is 0 Å². The van der Waals surface area contributed by atoms with E-state index in [-0.39, 0.29) is 18.3 Å². The Morgan fingerprint density at radius 1 is 1.11 bits per heavy atom. The summed E-state index contributed by atoms with van der Waals surface area (Å²) in [6.07, 6.45) is 0.421. The zero-order valence-electron chi connectivity index (χ0n) is 20.4. The molecule has 9 heteroatoms. The van der Waals surface area contributed by atoms with Crippen molar-refractivity contribution in [3.8, 4) is 0 Å². The summed E-state index contributed by atoms with van der Waals surface area (Å²) in [7, 11) is -3.74. The first kappa shape index (κ1) is 24.9. The highest BCUT2D eigenvalue weighted by atomic mass is 32.2. The van der Waals surface area contributed by atoms with Gasteiger partial charge in [0.2, 0.25) is 15.9 Å². The quantitative estimate of drug-likeness (QED) is 0.454. The average molecular weight is 527 g/mol. The number of cyclic esters (lactones) is 1. The second-order valence-corrected chi connectivity index (χ2v) is 13.0. The van der Waals surface area contributed by atoms with E-state index in [2.05, 4.69) is 12.1 Å². The van der Waals surface area contributed by atoms with Crippen LogP contribution in [0.25, 0.3) is 10.1 Å². The molecule has 0 spiro atoms. The number of thiophene rings is 1. The SMILES string of the molecule is CC(C)C(CS(=O)(=O)N1CCc2c(sc3ccccc23)C1)C(=O)N1C(=O)OCC1Cc1ccccc1. The zero-order valence-corrected chi connectivity index (χ0v) is 22.1. The van der Waals surface area contributed by atoms with Crippen LogP contribution in [-0.2, 0) is 38.9 Å². The van der Waals surface area contributed by atoms with E-state index < -0.39 is 34.0 Å². The molecule has 2 amide bonds. The molecule has 2 aromatic carbocycles. The van der Waals surface area contributed by atoms with Crippen LogP contribution in [-0.4, -0.2) is 54.6 Å². The number of rotatable bonds is 7. The van der Waals surface area contributed by atoms with Gasteiger partial charge in [-0.25, -0.2) is 18.1 Å². The number of nitrogens with zero attached hydrogens (tertiary/aromatic N) is 2. The van der Waals surface area contributed by atoms with Crippen molar-refractivity contribution in [2.45, 2.75) is 39.3 Å². The molecule has 0 saturated carbocycles. The molecule has 2 aliphatic heterocycles. The number of hydrogen-bond donors (Lipinski definition) is 0. The maximum atomic E-state index is 13.6. The number of sulfonamides is 1. The fourth-order valence-electron chi connectivity index (χ4n) is 5.09. The molecule has 1 aromatic heterocycles. The number of imide groups is 1. The van der Waals surface area contributed by atoms with E-state index in [0.717, 1.165) is 20.0 Å². The molecule has 0 N–H and O–H groups in total. The number of carbonyl (C=O) groups is 2. The summed E-state index contributed by atoms with van der Waals surface area (Å²) in [4.78, 5) is 28.4. The summed E-state index contributed by atoms with van der Waals surface area (Å²) in [5, 5.41) is 1.20. The number of ether oxygens (including phenoxy) is 1. The lowest BCUT2D eigenvalue weighted by Gasteiger charge is -2.31. The van der Waals surface area contributed by atoms with Gasteiger partial charge in [0.1, 0.15) is 6.61 Å². The summed E-state index contributed by atoms with van der Waals surface area (Å²) in [5.74, 6) is -1.91. The van der Waals surface area contributed by atoms with Crippen LogP contribution in [0, 0.1) is 11.8 Å². The van der Waals surface area contributed by atoms with Crippen molar-refractivity contribution in [2.24, 2.45) is 11.8 Å². The second-order valence-electron chi connectivity index (χ2n) is 9.84. The van der Waals surface area contributed by atoms with E-state index in [4.69, 9.17) is 4.74 Å². The van der Waals surface area contributed by atoms with E-state index in [1.807, 2.05) is 56.3 Å². The van der Waals surface area contributed by atoms with Crippen LogP contribution in [0.1, 0.15) is 29.9 Å². The van der Waals surface area contributed by atoms with E-state index in [9.17, 15) is 18.0 Å².